The molecule has 0 spiro atoms. The van der Waals surface area contributed by atoms with Crippen LogP contribution in [0, 0.1) is 0 Å². The van der Waals surface area contributed by atoms with Gasteiger partial charge in [-0.15, -0.1) is 11.3 Å². The summed E-state index contributed by atoms with van der Waals surface area (Å²) in [5.41, 5.74) is 2.44. The predicted molar refractivity (Wildman–Crippen MR) is 99.1 cm³/mol. The molecule has 0 bridgehead atoms. The zero-order chi connectivity index (χ0) is 17.6. The van der Waals surface area contributed by atoms with Gasteiger partial charge in [0.25, 0.3) is 0 Å². The third-order valence-corrected chi connectivity index (χ3v) is 4.85. The summed E-state index contributed by atoms with van der Waals surface area (Å²) in [4.78, 5) is 16.5. The lowest BCUT2D eigenvalue weighted by Crippen LogP contribution is -2.08. The van der Waals surface area contributed by atoms with Crippen molar-refractivity contribution in [1.82, 2.24) is 4.98 Å². The Morgan fingerprint density at radius 2 is 2.04 bits per heavy atom. The van der Waals surface area contributed by atoms with E-state index in [1.165, 1.54) is 11.3 Å². The largest absolute Gasteiger partial charge is 0.497 e. The Bertz CT molecular complexity index is 878. The number of carbonyl (C=O) groups is 1. The molecule has 0 unspecified atom stereocenters. The van der Waals surface area contributed by atoms with Crippen molar-refractivity contribution in [2.45, 2.75) is 13.0 Å². The minimum absolute atomic E-state index is 0.143. The number of nitrogens with zero attached hydrogens (tertiary/aromatic N) is 1. The van der Waals surface area contributed by atoms with E-state index in [4.69, 9.17) is 21.1 Å². The van der Waals surface area contributed by atoms with E-state index < -0.39 is 0 Å². The third-order valence-electron chi connectivity index (χ3n) is 3.54. The Kier molecular flexibility index (Phi) is 5.68. The quantitative estimate of drug-likeness (QED) is 0.584. The standard InChI is InChI=1S/C19H16ClNO3S/c1-23-16-7-4-6-14(9-16)19-21-15(12-25-19)11-24-18(22)10-13-5-2-3-8-17(13)20/h2-9,12H,10-11H2,1H3. The molecule has 0 saturated heterocycles. The highest BCUT2D eigenvalue weighted by atomic mass is 35.5. The highest BCUT2D eigenvalue weighted by Crippen LogP contribution is 2.27. The molecule has 0 saturated carbocycles. The molecular formula is C19H16ClNO3S. The molecule has 0 amide bonds. The van der Waals surface area contributed by atoms with Gasteiger partial charge in [-0.2, -0.15) is 0 Å². The fourth-order valence-electron chi connectivity index (χ4n) is 2.26. The first-order valence-corrected chi connectivity index (χ1v) is 8.89. The molecular weight excluding hydrogens is 358 g/mol. The number of ether oxygens (including phenoxy) is 2. The maximum absolute atomic E-state index is 12.0. The molecule has 3 aromatic rings. The molecule has 6 heteroatoms. The van der Waals surface area contributed by atoms with Crippen LogP contribution >= 0.6 is 22.9 Å². The summed E-state index contributed by atoms with van der Waals surface area (Å²) in [7, 11) is 1.63. The summed E-state index contributed by atoms with van der Waals surface area (Å²) in [6, 6.07) is 14.9. The van der Waals surface area contributed by atoms with Crippen molar-refractivity contribution in [2.75, 3.05) is 7.11 Å². The van der Waals surface area contributed by atoms with Gasteiger partial charge in [0, 0.05) is 16.0 Å². The second-order valence-electron chi connectivity index (χ2n) is 5.30. The number of aromatic nitrogens is 1. The summed E-state index contributed by atoms with van der Waals surface area (Å²) >= 11 is 7.55. The number of methoxy groups -OCH3 is 1. The van der Waals surface area contributed by atoms with E-state index in [-0.39, 0.29) is 19.0 Å². The lowest BCUT2D eigenvalue weighted by atomic mass is 10.1. The van der Waals surface area contributed by atoms with Crippen LogP contribution < -0.4 is 4.74 Å². The maximum Gasteiger partial charge on any atom is 0.310 e. The van der Waals surface area contributed by atoms with Gasteiger partial charge < -0.3 is 9.47 Å². The van der Waals surface area contributed by atoms with Crippen LogP contribution in [0.15, 0.2) is 53.9 Å². The minimum Gasteiger partial charge on any atom is -0.497 e. The number of hydrogen-bond acceptors (Lipinski definition) is 5. The van der Waals surface area contributed by atoms with Crippen molar-refractivity contribution in [3.05, 3.63) is 70.2 Å². The van der Waals surface area contributed by atoms with Gasteiger partial charge >= 0.3 is 5.97 Å². The van der Waals surface area contributed by atoms with Crippen LogP contribution in [0.1, 0.15) is 11.3 Å². The van der Waals surface area contributed by atoms with E-state index in [1.807, 2.05) is 47.8 Å². The van der Waals surface area contributed by atoms with Crippen LogP contribution in [-0.4, -0.2) is 18.1 Å². The van der Waals surface area contributed by atoms with Crippen molar-refractivity contribution in [2.24, 2.45) is 0 Å². The van der Waals surface area contributed by atoms with E-state index in [1.54, 1.807) is 13.2 Å². The van der Waals surface area contributed by atoms with Crippen LogP contribution in [0.5, 0.6) is 5.75 Å². The van der Waals surface area contributed by atoms with Crippen LogP contribution in [0.4, 0.5) is 0 Å². The van der Waals surface area contributed by atoms with Gasteiger partial charge in [0.2, 0.25) is 0 Å². The first-order valence-electron chi connectivity index (χ1n) is 7.63. The molecule has 0 N–H and O–H groups in total. The van der Waals surface area contributed by atoms with E-state index in [0.717, 1.165) is 27.6 Å². The highest BCUT2D eigenvalue weighted by Gasteiger charge is 2.10. The second-order valence-corrected chi connectivity index (χ2v) is 6.57. The Morgan fingerprint density at radius 1 is 1.20 bits per heavy atom. The summed E-state index contributed by atoms with van der Waals surface area (Å²) < 4.78 is 10.5. The smallest absolute Gasteiger partial charge is 0.310 e. The number of hydrogen-bond donors (Lipinski definition) is 0. The molecule has 0 fully saturated rings. The number of rotatable bonds is 6. The van der Waals surface area contributed by atoms with Crippen molar-refractivity contribution in [1.29, 1.82) is 0 Å². The minimum atomic E-state index is -0.330. The number of benzene rings is 2. The Balaban J connectivity index is 1.60. The molecule has 2 aromatic carbocycles. The molecule has 0 radical (unpaired) electrons. The Labute approximate surface area is 155 Å². The normalized spacial score (nSPS) is 10.5. The average Bonchev–Trinajstić information content (AvgIpc) is 3.11. The fourth-order valence-corrected chi connectivity index (χ4v) is 3.27. The Hall–Kier alpha value is -2.37. The monoisotopic (exact) mass is 373 g/mol. The summed E-state index contributed by atoms with van der Waals surface area (Å²) in [5, 5.41) is 3.31. The molecule has 0 atom stereocenters. The van der Waals surface area contributed by atoms with Crippen LogP contribution in [0.25, 0.3) is 10.6 Å². The van der Waals surface area contributed by atoms with Gasteiger partial charge in [0.05, 0.1) is 19.2 Å². The Morgan fingerprint density at radius 3 is 2.84 bits per heavy atom. The van der Waals surface area contributed by atoms with Gasteiger partial charge in [0.1, 0.15) is 17.4 Å². The average molecular weight is 374 g/mol. The molecule has 0 aliphatic carbocycles. The molecule has 1 aromatic heterocycles. The molecule has 25 heavy (non-hydrogen) atoms. The molecule has 0 aliphatic heterocycles. The summed E-state index contributed by atoms with van der Waals surface area (Å²) in [6.45, 7) is 0.143. The van der Waals surface area contributed by atoms with E-state index in [0.29, 0.717) is 5.02 Å². The van der Waals surface area contributed by atoms with Crippen molar-refractivity contribution < 1.29 is 14.3 Å². The van der Waals surface area contributed by atoms with Crippen LogP contribution in [0.2, 0.25) is 5.02 Å². The first-order chi connectivity index (χ1) is 12.2. The zero-order valence-electron chi connectivity index (χ0n) is 13.6. The summed E-state index contributed by atoms with van der Waals surface area (Å²) in [5.74, 6) is 0.449. The SMILES string of the molecule is COc1cccc(-c2nc(COC(=O)Cc3ccccc3Cl)cs2)c1. The van der Waals surface area contributed by atoms with Crippen LogP contribution in [0.3, 0.4) is 0 Å². The van der Waals surface area contributed by atoms with Crippen molar-refractivity contribution in [3.8, 4) is 16.3 Å². The third kappa shape index (κ3) is 4.59. The van der Waals surface area contributed by atoms with Gasteiger partial charge in [-0.25, -0.2) is 4.98 Å². The molecule has 0 aliphatic rings. The zero-order valence-corrected chi connectivity index (χ0v) is 15.1. The second kappa shape index (κ2) is 8.14. The van der Waals surface area contributed by atoms with Gasteiger partial charge in [0.15, 0.2) is 0 Å². The van der Waals surface area contributed by atoms with E-state index >= 15 is 0 Å². The number of carbonyl (C=O) groups excluding carboxylic acids is 1. The number of esters is 1. The highest BCUT2D eigenvalue weighted by molar-refractivity contribution is 7.13. The fraction of sp³-hybridized carbons (Fsp3) is 0.158. The summed E-state index contributed by atoms with van der Waals surface area (Å²) in [6.07, 6.45) is 0.145. The lowest BCUT2D eigenvalue weighted by molar-refractivity contribution is -0.144. The molecule has 1 heterocycles. The number of halogens is 1. The lowest BCUT2D eigenvalue weighted by Gasteiger charge is -2.05. The van der Waals surface area contributed by atoms with Crippen LogP contribution in [-0.2, 0) is 22.6 Å². The van der Waals surface area contributed by atoms with Gasteiger partial charge in [-0.3, -0.25) is 4.79 Å². The molecule has 4 nitrogen and oxygen atoms in total. The van der Waals surface area contributed by atoms with Gasteiger partial charge in [-0.1, -0.05) is 41.9 Å². The van der Waals surface area contributed by atoms with Crippen molar-refractivity contribution in [3.63, 3.8) is 0 Å². The number of thiazole rings is 1. The van der Waals surface area contributed by atoms with E-state index in [9.17, 15) is 4.79 Å². The molecule has 128 valence electrons. The van der Waals surface area contributed by atoms with Crippen molar-refractivity contribution >= 4 is 28.9 Å². The molecule has 3 rings (SSSR count). The predicted octanol–water partition coefficient (Wildman–Crippen LogP) is 4.76. The first kappa shape index (κ1) is 17.5. The topological polar surface area (TPSA) is 48.4 Å². The van der Waals surface area contributed by atoms with Gasteiger partial charge in [-0.05, 0) is 23.8 Å². The van der Waals surface area contributed by atoms with E-state index in [2.05, 4.69) is 4.98 Å². The maximum atomic E-state index is 12.0.